The van der Waals surface area contributed by atoms with Crippen LogP contribution in [-0.2, 0) is 18.3 Å². The molecule has 2 aromatic rings. The van der Waals surface area contributed by atoms with Gasteiger partial charge >= 0.3 is 0 Å². The highest BCUT2D eigenvalue weighted by atomic mass is 28.4. The standard InChI is InChI=1S/C40H62O4Si2/c1-30-27-34(44-38(32(30)3)29-42-45(10,11)39(4,5)6)24-25-37-31(2)28-33(43-37)19-18-26-41-46(40(7,8)9,35-20-14-12-15-21-35)36-22-16-13-17-23-36/h12-17,20-23,30,33-34,37-38H,2-3,18-19,24-29H2,1,4-11H3/t30-,33+,34+,37+,38-/m1/s1. The quantitative estimate of drug-likeness (QED) is 0.122. The van der Waals surface area contributed by atoms with Crippen molar-refractivity contribution in [2.24, 2.45) is 5.92 Å². The van der Waals surface area contributed by atoms with Crippen molar-refractivity contribution in [3.8, 4) is 0 Å². The van der Waals surface area contributed by atoms with Crippen molar-refractivity contribution in [3.05, 3.63) is 85.0 Å². The van der Waals surface area contributed by atoms with E-state index in [0.29, 0.717) is 12.5 Å². The van der Waals surface area contributed by atoms with Gasteiger partial charge in [0.1, 0.15) is 6.10 Å². The Morgan fingerprint density at radius 2 is 1.30 bits per heavy atom. The van der Waals surface area contributed by atoms with Crippen LogP contribution in [-0.4, -0.2) is 54.3 Å². The molecule has 2 saturated heterocycles. The molecule has 2 aromatic carbocycles. The highest BCUT2D eigenvalue weighted by Gasteiger charge is 2.50. The minimum atomic E-state index is -2.51. The van der Waals surface area contributed by atoms with Gasteiger partial charge in [0.05, 0.1) is 24.9 Å². The Kier molecular flexibility index (Phi) is 12.2. The molecule has 0 aliphatic carbocycles. The van der Waals surface area contributed by atoms with Crippen molar-refractivity contribution >= 4 is 27.0 Å². The van der Waals surface area contributed by atoms with Gasteiger partial charge in [-0.2, -0.15) is 0 Å². The summed E-state index contributed by atoms with van der Waals surface area (Å²) < 4.78 is 26.9. The average Bonchev–Trinajstić information content (AvgIpc) is 3.35. The maximum atomic E-state index is 7.12. The molecule has 2 fully saturated rings. The molecule has 254 valence electrons. The van der Waals surface area contributed by atoms with Crippen molar-refractivity contribution in [1.82, 2.24) is 0 Å². The van der Waals surface area contributed by atoms with Gasteiger partial charge in [-0.3, -0.25) is 0 Å². The van der Waals surface area contributed by atoms with Gasteiger partial charge in [-0.15, -0.1) is 0 Å². The van der Waals surface area contributed by atoms with Crippen LogP contribution in [0.4, 0.5) is 0 Å². The largest absolute Gasteiger partial charge is 0.414 e. The molecule has 2 aliphatic heterocycles. The van der Waals surface area contributed by atoms with Gasteiger partial charge in [0, 0.05) is 6.61 Å². The van der Waals surface area contributed by atoms with E-state index in [1.807, 2.05) is 0 Å². The molecule has 0 saturated carbocycles. The van der Waals surface area contributed by atoms with Gasteiger partial charge in [-0.05, 0) is 89.1 Å². The van der Waals surface area contributed by atoms with E-state index in [4.69, 9.17) is 18.3 Å². The van der Waals surface area contributed by atoms with Crippen LogP contribution in [0.15, 0.2) is 85.0 Å². The summed E-state index contributed by atoms with van der Waals surface area (Å²) in [5.74, 6) is 0.433. The van der Waals surface area contributed by atoms with Crippen LogP contribution in [0.5, 0.6) is 0 Å². The zero-order valence-electron chi connectivity index (χ0n) is 30.4. The number of hydrogen-bond donors (Lipinski definition) is 0. The molecule has 2 heterocycles. The van der Waals surface area contributed by atoms with Crippen molar-refractivity contribution in [2.75, 3.05) is 13.2 Å². The Labute approximate surface area is 283 Å². The fourth-order valence-electron chi connectivity index (χ4n) is 6.95. The Morgan fingerprint density at radius 1 is 0.739 bits per heavy atom. The maximum absolute atomic E-state index is 7.12. The van der Waals surface area contributed by atoms with Crippen molar-refractivity contribution in [1.29, 1.82) is 0 Å². The predicted molar refractivity (Wildman–Crippen MR) is 199 cm³/mol. The van der Waals surface area contributed by atoms with Gasteiger partial charge in [0.2, 0.25) is 0 Å². The van der Waals surface area contributed by atoms with Gasteiger partial charge in [-0.25, -0.2) is 0 Å². The summed E-state index contributed by atoms with van der Waals surface area (Å²) in [6.45, 7) is 30.9. The van der Waals surface area contributed by atoms with E-state index in [-0.39, 0.29) is 34.5 Å². The predicted octanol–water partition coefficient (Wildman–Crippen LogP) is 9.21. The zero-order valence-corrected chi connectivity index (χ0v) is 32.4. The van der Waals surface area contributed by atoms with E-state index >= 15 is 0 Å². The average molecular weight is 663 g/mol. The Morgan fingerprint density at radius 3 is 1.85 bits per heavy atom. The number of benzene rings is 2. The van der Waals surface area contributed by atoms with E-state index in [9.17, 15) is 0 Å². The minimum absolute atomic E-state index is 0.0140. The first-order valence-electron chi connectivity index (χ1n) is 17.6. The Hall–Kier alpha value is -1.81. The number of rotatable bonds is 13. The molecule has 0 unspecified atom stereocenters. The van der Waals surface area contributed by atoms with Crippen molar-refractivity contribution in [2.45, 2.75) is 135 Å². The Bertz CT molecular complexity index is 1240. The lowest BCUT2D eigenvalue weighted by atomic mass is 9.87. The molecule has 4 rings (SSSR count). The fourth-order valence-corrected chi connectivity index (χ4v) is 12.6. The highest BCUT2D eigenvalue weighted by molar-refractivity contribution is 6.99. The lowest BCUT2D eigenvalue weighted by Gasteiger charge is -2.43. The second-order valence-electron chi connectivity index (χ2n) is 16.4. The van der Waals surface area contributed by atoms with E-state index in [1.54, 1.807) is 0 Å². The number of hydrogen-bond acceptors (Lipinski definition) is 4. The monoisotopic (exact) mass is 662 g/mol. The third kappa shape index (κ3) is 8.61. The highest BCUT2D eigenvalue weighted by Crippen LogP contribution is 2.40. The summed E-state index contributed by atoms with van der Waals surface area (Å²) in [4.78, 5) is 0. The number of ether oxygens (including phenoxy) is 2. The van der Waals surface area contributed by atoms with Crippen LogP contribution >= 0.6 is 0 Å². The SMILES string of the molecule is C=C1C[C@H](CCCO[Si](c2ccccc2)(c2ccccc2)C(C)(C)C)O[C@H]1CC[C@H]1C[C@@H](C)C(=C)[C@@H](CO[Si](C)(C)C(C)(C)C)O1. The summed E-state index contributed by atoms with van der Waals surface area (Å²) >= 11 is 0. The van der Waals surface area contributed by atoms with Crippen LogP contribution < -0.4 is 10.4 Å². The van der Waals surface area contributed by atoms with Crippen LogP contribution in [0.2, 0.25) is 23.2 Å². The smallest absolute Gasteiger partial charge is 0.261 e. The van der Waals surface area contributed by atoms with Gasteiger partial charge in [0.25, 0.3) is 8.32 Å². The molecule has 0 N–H and O–H groups in total. The van der Waals surface area contributed by atoms with Crippen LogP contribution in [0.1, 0.15) is 87.0 Å². The lowest BCUT2D eigenvalue weighted by Crippen LogP contribution is -2.66. The van der Waals surface area contributed by atoms with E-state index in [1.165, 1.54) is 21.5 Å². The normalized spacial score (nSPS) is 24.8. The molecule has 0 amide bonds. The van der Waals surface area contributed by atoms with Crippen LogP contribution in [0, 0.1) is 5.92 Å². The first kappa shape index (κ1) is 37.0. The summed E-state index contributed by atoms with van der Waals surface area (Å²) in [5, 5.41) is 2.82. The molecular weight excluding hydrogens is 601 g/mol. The van der Waals surface area contributed by atoms with E-state index in [2.05, 4.69) is 135 Å². The topological polar surface area (TPSA) is 36.9 Å². The third-order valence-corrected chi connectivity index (χ3v) is 20.4. The van der Waals surface area contributed by atoms with Gasteiger partial charge in [0.15, 0.2) is 8.32 Å². The zero-order chi connectivity index (χ0) is 33.8. The summed E-state index contributed by atoms with van der Waals surface area (Å²) in [5.41, 5.74) is 2.40. The van der Waals surface area contributed by atoms with E-state index in [0.717, 1.165) is 45.1 Å². The van der Waals surface area contributed by atoms with Crippen LogP contribution in [0.3, 0.4) is 0 Å². The van der Waals surface area contributed by atoms with Crippen molar-refractivity contribution < 1.29 is 18.3 Å². The third-order valence-electron chi connectivity index (χ3n) is 10.9. The summed E-state index contributed by atoms with van der Waals surface area (Å²) in [7, 11) is -4.36. The van der Waals surface area contributed by atoms with Gasteiger partial charge < -0.3 is 18.3 Å². The second-order valence-corrected chi connectivity index (χ2v) is 25.5. The maximum Gasteiger partial charge on any atom is 0.261 e. The Balaban J connectivity index is 1.30. The molecule has 0 bridgehead atoms. The minimum Gasteiger partial charge on any atom is -0.414 e. The van der Waals surface area contributed by atoms with Gasteiger partial charge in [-0.1, -0.05) is 122 Å². The van der Waals surface area contributed by atoms with Crippen molar-refractivity contribution in [3.63, 3.8) is 0 Å². The lowest BCUT2D eigenvalue weighted by molar-refractivity contribution is -0.0614. The summed E-state index contributed by atoms with van der Waals surface area (Å²) in [6.07, 6.45) is 6.31. The molecule has 46 heavy (non-hydrogen) atoms. The first-order valence-corrected chi connectivity index (χ1v) is 22.4. The van der Waals surface area contributed by atoms with E-state index < -0.39 is 16.6 Å². The molecular formula is C40H62O4Si2. The molecule has 0 aromatic heterocycles. The molecule has 0 spiro atoms. The molecule has 0 radical (unpaired) electrons. The molecule has 2 aliphatic rings. The second kappa shape index (κ2) is 15.2. The summed E-state index contributed by atoms with van der Waals surface area (Å²) in [6, 6.07) is 21.8. The fraction of sp³-hybridized carbons (Fsp3) is 0.600. The molecule has 5 atom stereocenters. The van der Waals surface area contributed by atoms with Crippen LogP contribution in [0.25, 0.3) is 0 Å². The first-order chi connectivity index (χ1) is 21.5. The molecule has 4 nitrogen and oxygen atoms in total. The molecule has 6 heteroatoms.